The van der Waals surface area contributed by atoms with E-state index in [2.05, 4.69) is 42.2 Å². The molecule has 0 radical (unpaired) electrons. The van der Waals surface area contributed by atoms with Crippen molar-refractivity contribution >= 4 is 65.2 Å². The molecule has 0 spiro atoms. The number of hydrogen-bond acceptors (Lipinski definition) is 15. The molecule has 21 N–H and O–H groups in total. The van der Waals surface area contributed by atoms with E-state index in [0.29, 0.717) is 24.8 Å². The predicted molar refractivity (Wildman–Crippen MR) is 261 cm³/mol. The highest BCUT2D eigenvalue weighted by molar-refractivity contribution is 5.98. The van der Waals surface area contributed by atoms with Gasteiger partial charge in [-0.3, -0.25) is 48.1 Å². The monoisotopic (exact) mass is 1020 g/mol. The molecule has 72 heavy (non-hydrogen) atoms. The van der Waals surface area contributed by atoms with Gasteiger partial charge in [-0.2, -0.15) is 0 Å². The lowest BCUT2D eigenvalue weighted by molar-refractivity contribution is -0.147. The smallest absolute Gasteiger partial charge is 0.326 e. The van der Waals surface area contributed by atoms with Crippen LogP contribution in [-0.4, -0.2) is 154 Å². The van der Waals surface area contributed by atoms with Gasteiger partial charge < -0.3 is 86.3 Å². The summed E-state index contributed by atoms with van der Waals surface area (Å²) in [4.78, 5) is 135. The number of aromatic hydroxyl groups is 1. The largest absolute Gasteiger partial charge is 0.508 e. The number of amides is 7. The molecule has 1 rings (SSSR count). The number of unbranched alkanes of at least 4 members (excludes halogenated alkanes) is 2. The number of carboxylic acid groups (broad SMARTS) is 3. The van der Waals surface area contributed by atoms with Crippen molar-refractivity contribution in [2.45, 2.75) is 153 Å². The number of benzene rings is 1. The van der Waals surface area contributed by atoms with Gasteiger partial charge in [-0.05, 0) is 101 Å². The van der Waals surface area contributed by atoms with Gasteiger partial charge in [-0.1, -0.05) is 32.4 Å². The Kier molecular flexibility index (Phi) is 29.2. The first kappa shape index (κ1) is 62.9. The second-order valence-corrected chi connectivity index (χ2v) is 17.3. The zero-order valence-electron chi connectivity index (χ0n) is 41.0. The van der Waals surface area contributed by atoms with E-state index in [4.69, 9.17) is 28.7 Å². The lowest BCUT2D eigenvalue weighted by Gasteiger charge is -2.29. The minimum atomic E-state index is -1.86. The maximum Gasteiger partial charge on any atom is 0.326 e. The van der Waals surface area contributed by atoms with E-state index in [1.54, 1.807) is 13.8 Å². The maximum absolute atomic E-state index is 14.4. The molecule has 0 heterocycles. The summed E-state index contributed by atoms with van der Waals surface area (Å²) < 4.78 is 0. The molecular formula is C45H75N13O14. The standard InChI is InChI=1S/C45H75N13O14/c1-4-24(2)36(58-37(64)25(3)48)43(70)55-31(17-18-34(60)61)41(68)53-28(10-5-7-19-46)39(66)56-32(22-26-13-15-27(59)16-14-26)42(69)54-30(12-9-21-51-45(49)50)38(65)52-29(11-6-8-20-47)40(67)57-33(44(71)72)23-35(62)63/h13-16,24-25,28-33,36,59H,4-12,17-23,46-48H2,1-3H3,(H,52,65)(H,53,68)(H,54,69)(H,55,70)(H,56,66)(H,57,67)(H,58,64)(H,60,61)(H,62,63)(H,71,72)(H4,49,50,51)/t24-,25-,28-,29-,30-,31-,32-,33-,36-/m0/s1. The van der Waals surface area contributed by atoms with Crippen LogP contribution < -0.4 is 65.9 Å². The number of nitrogens with one attached hydrogen (secondary N) is 7. The summed E-state index contributed by atoms with van der Waals surface area (Å²) >= 11 is 0. The van der Waals surface area contributed by atoms with Gasteiger partial charge >= 0.3 is 17.9 Å². The molecule has 0 aromatic heterocycles. The number of hydrogen-bond donors (Lipinski definition) is 16. The van der Waals surface area contributed by atoms with Crippen LogP contribution in [0.4, 0.5) is 0 Å². The van der Waals surface area contributed by atoms with Gasteiger partial charge in [0, 0.05) is 19.4 Å². The number of nitrogens with zero attached hydrogens (tertiary/aromatic N) is 1. The van der Waals surface area contributed by atoms with Gasteiger partial charge in [0.05, 0.1) is 12.5 Å². The van der Waals surface area contributed by atoms with E-state index in [0.717, 1.165) is 0 Å². The van der Waals surface area contributed by atoms with E-state index in [9.17, 15) is 68.4 Å². The summed E-state index contributed by atoms with van der Waals surface area (Å²) in [6.07, 6.45) is -0.832. The Balaban J connectivity index is 3.72. The van der Waals surface area contributed by atoms with E-state index in [-0.39, 0.29) is 76.3 Å². The molecule has 0 aliphatic heterocycles. The van der Waals surface area contributed by atoms with Gasteiger partial charge in [0.2, 0.25) is 41.4 Å². The molecule has 27 heteroatoms. The fourth-order valence-electron chi connectivity index (χ4n) is 6.89. The van der Waals surface area contributed by atoms with Crippen molar-refractivity contribution in [1.29, 1.82) is 0 Å². The van der Waals surface area contributed by atoms with Crippen LogP contribution in [-0.2, 0) is 54.4 Å². The van der Waals surface area contributed by atoms with Crippen molar-refractivity contribution in [3.63, 3.8) is 0 Å². The van der Waals surface area contributed by atoms with Gasteiger partial charge in [0.1, 0.15) is 48.0 Å². The Hall–Kier alpha value is -7.13. The van der Waals surface area contributed by atoms with Crippen molar-refractivity contribution in [1.82, 2.24) is 37.2 Å². The van der Waals surface area contributed by atoms with Crippen molar-refractivity contribution in [3.05, 3.63) is 29.8 Å². The first-order valence-corrected chi connectivity index (χ1v) is 23.7. The average Bonchev–Trinajstić information content (AvgIpc) is 3.31. The van der Waals surface area contributed by atoms with Crippen LogP contribution in [0.1, 0.15) is 103 Å². The van der Waals surface area contributed by atoms with Crippen LogP contribution in [0.25, 0.3) is 0 Å². The van der Waals surface area contributed by atoms with Gasteiger partial charge in [0.25, 0.3) is 0 Å². The van der Waals surface area contributed by atoms with Crippen LogP contribution in [0.15, 0.2) is 29.3 Å². The molecule has 1 aromatic carbocycles. The number of rotatable bonds is 36. The fraction of sp³-hybridized carbons (Fsp3) is 0.622. The Bertz CT molecular complexity index is 2000. The lowest BCUT2D eigenvalue weighted by Crippen LogP contribution is -2.60. The van der Waals surface area contributed by atoms with Crippen LogP contribution in [0.3, 0.4) is 0 Å². The maximum atomic E-state index is 14.4. The number of aliphatic imine (C=N–C) groups is 1. The molecule has 27 nitrogen and oxygen atoms in total. The SMILES string of the molecule is CC[C@H](C)[C@H](NC(=O)[C@H](C)N)C(=O)N[C@@H](CCC(=O)O)C(=O)N[C@@H](CCCCN)C(=O)N[C@@H](Cc1ccc(O)cc1)C(=O)N[C@@H](CCCN=C(N)N)C(=O)N[C@@H](CCCCN)C(=O)N[C@@H](CC(=O)O)C(=O)O. The zero-order valence-corrected chi connectivity index (χ0v) is 41.0. The molecule has 0 bridgehead atoms. The zero-order chi connectivity index (χ0) is 54.5. The molecule has 0 unspecified atom stereocenters. The topological polar surface area (TPSA) is 478 Å². The first-order chi connectivity index (χ1) is 33.9. The molecular weight excluding hydrogens is 947 g/mol. The molecule has 1 aromatic rings. The molecule has 7 amide bonds. The number of phenolic OH excluding ortho intramolecular Hbond substituents is 1. The minimum absolute atomic E-state index is 0.0243. The number of aliphatic carboxylic acids is 3. The van der Waals surface area contributed by atoms with Crippen LogP contribution >= 0.6 is 0 Å². The average molecular weight is 1020 g/mol. The van der Waals surface area contributed by atoms with Crippen LogP contribution in [0, 0.1) is 5.92 Å². The molecule has 0 aliphatic carbocycles. The predicted octanol–water partition coefficient (Wildman–Crippen LogP) is -3.54. The Morgan fingerprint density at radius 3 is 1.40 bits per heavy atom. The van der Waals surface area contributed by atoms with Gasteiger partial charge in [-0.15, -0.1) is 0 Å². The summed E-state index contributed by atoms with van der Waals surface area (Å²) in [5.74, 6) is -11.6. The second-order valence-electron chi connectivity index (χ2n) is 17.3. The Labute approximate surface area is 417 Å². The van der Waals surface area contributed by atoms with E-state index in [1.165, 1.54) is 31.2 Å². The van der Waals surface area contributed by atoms with Crippen molar-refractivity contribution in [2.24, 2.45) is 39.6 Å². The number of carbonyl (C=O) groups is 10. The number of nitrogens with two attached hydrogens (primary N) is 5. The molecule has 9 atom stereocenters. The van der Waals surface area contributed by atoms with Crippen molar-refractivity contribution in [3.8, 4) is 5.75 Å². The summed E-state index contributed by atoms with van der Waals surface area (Å²) in [6, 6.07) is -5.91. The van der Waals surface area contributed by atoms with E-state index >= 15 is 0 Å². The highest BCUT2D eigenvalue weighted by Crippen LogP contribution is 2.15. The first-order valence-electron chi connectivity index (χ1n) is 23.7. The Morgan fingerprint density at radius 1 is 0.556 bits per heavy atom. The van der Waals surface area contributed by atoms with Gasteiger partial charge in [-0.25, -0.2) is 4.79 Å². The molecule has 0 saturated carbocycles. The molecule has 0 fully saturated rings. The summed E-state index contributed by atoms with van der Waals surface area (Å²) in [6.45, 7) is 5.21. The quantitative estimate of drug-likeness (QED) is 0.0176. The molecule has 0 aliphatic rings. The second kappa shape index (κ2) is 33.5. The third-order valence-electron chi connectivity index (χ3n) is 11.2. The summed E-state index contributed by atoms with van der Waals surface area (Å²) in [7, 11) is 0. The fourth-order valence-corrected chi connectivity index (χ4v) is 6.89. The van der Waals surface area contributed by atoms with E-state index < -0.39 is 133 Å². The number of phenols is 1. The van der Waals surface area contributed by atoms with Crippen molar-refractivity contribution in [2.75, 3.05) is 19.6 Å². The molecule has 404 valence electrons. The van der Waals surface area contributed by atoms with Crippen molar-refractivity contribution < 1.29 is 68.4 Å². The van der Waals surface area contributed by atoms with Crippen LogP contribution in [0.2, 0.25) is 0 Å². The Morgan fingerprint density at radius 2 is 0.986 bits per heavy atom. The number of carboxylic acids is 3. The molecule has 0 saturated heterocycles. The normalized spacial score (nSPS) is 14.7. The highest BCUT2D eigenvalue weighted by atomic mass is 16.4. The highest BCUT2D eigenvalue weighted by Gasteiger charge is 2.35. The number of guanidine groups is 1. The summed E-state index contributed by atoms with van der Waals surface area (Å²) in [5, 5.41) is 55.7. The third-order valence-corrected chi connectivity index (χ3v) is 11.2. The lowest BCUT2D eigenvalue weighted by atomic mass is 9.97. The number of carbonyl (C=O) groups excluding carboxylic acids is 7. The minimum Gasteiger partial charge on any atom is -0.508 e. The third kappa shape index (κ3) is 24.6. The summed E-state index contributed by atoms with van der Waals surface area (Å²) in [5.41, 5.74) is 28.4. The van der Waals surface area contributed by atoms with E-state index in [1.807, 2.05) is 0 Å². The van der Waals surface area contributed by atoms with Gasteiger partial charge in [0.15, 0.2) is 5.96 Å². The van der Waals surface area contributed by atoms with Crippen LogP contribution in [0.5, 0.6) is 5.75 Å².